The number of aliphatic hydroxyl groups excluding tert-OH is 1. The summed E-state index contributed by atoms with van der Waals surface area (Å²) < 4.78 is 1.95. The van der Waals surface area contributed by atoms with E-state index in [1.165, 1.54) is 0 Å². The van der Waals surface area contributed by atoms with Gasteiger partial charge in [0.15, 0.2) is 5.82 Å². The van der Waals surface area contributed by atoms with E-state index in [9.17, 15) is 5.11 Å². The predicted octanol–water partition coefficient (Wildman–Crippen LogP) is 0.663. The minimum absolute atomic E-state index is 0.0766. The molecule has 0 saturated carbocycles. The molecule has 0 aliphatic carbocycles. The molecule has 1 aromatic carbocycles. The molecule has 1 aliphatic heterocycles. The first kappa shape index (κ1) is 10.4. The normalized spacial score (nSPS) is 24.1. The van der Waals surface area contributed by atoms with Gasteiger partial charge in [-0.3, -0.25) is 4.57 Å². The van der Waals surface area contributed by atoms with E-state index in [0.29, 0.717) is 13.0 Å². The molecule has 1 saturated heterocycles. The number of nitrogens with one attached hydrogen (secondary N) is 1. The van der Waals surface area contributed by atoms with Crippen LogP contribution in [0.25, 0.3) is 5.69 Å². The van der Waals surface area contributed by atoms with Crippen molar-refractivity contribution in [3.05, 3.63) is 42.5 Å². The Morgan fingerprint density at radius 1 is 1.29 bits per heavy atom. The van der Waals surface area contributed by atoms with Crippen LogP contribution >= 0.6 is 0 Å². The highest BCUT2D eigenvalue weighted by Gasteiger charge is 2.27. The molecular formula is C12H14N4O. The minimum Gasteiger partial charge on any atom is -0.392 e. The Kier molecular flexibility index (Phi) is 2.62. The molecule has 1 unspecified atom stereocenters. The lowest BCUT2D eigenvalue weighted by Gasteiger charge is -2.11. The Hall–Kier alpha value is -1.72. The fraction of sp³-hybridized carbons (Fsp3) is 0.333. The largest absolute Gasteiger partial charge is 0.392 e. The number of aliphatic hydroxyl groups is 1. The lowest BCUT2D eigenvalue weighted by Crippen LogP contribution is -2.18. The molecule has 0 bridgehead atoms. The van der Waals surface area contributed by atoms with Gasteiger partial charge in [0, 0.05) is 12.2 Å². The van der Waals surface area contributed by atoms with Gasteiger partial charge in [0.05, 0.1) is 12.1 Å². The van der Waals surface area contributed by atoms with E-state index < -0.39 is 0 Å². The first-order valence-electron chi connectivity index (χ1n) is 5.71. The third kappa shape index (κ3) is 1.94. The van der Waals surface area contributed by atoms with Crippen LogP contribution < -0.4 is 5.32 Å². The van der Waals surface area contributed by atoms with Crippen molar-refractivity contribution in [1.29, 1.82) is 0 Å². The molecule has 1 fully saturated rings. The lowest BCUT2D eigenvalue weighted by atomic mass is 10.2. The molecule has 17 heavy (non-hydrogen) atoms. The fourth-order valence-corrected chi connectivity index (χ4v) is 2.18. The average Bonchev–Trinajstić information content (AvgIpc) is 2.98. The Bertz CT molecular complexity index is 496. The maximum Gasteiger partial charge on any atom is 0.154 e. The van der Waals surface area contributed by atoms with E-state index in [4.69, 9.17) is 0 Å². The molecule has 5 nitrogen and oxygen atoms in total. The van der Waals surface area contributed by atoms with E-state index in [-0.39, 0.29) is 12.1 Å². The molecule has 2 aromatic rings. The van der Waals surface area contributed by atoms with Gasteiger partial charge < -0.3 is 10.4 Å². The maximum atomic E-state index is 9.54. The zero-order chi connectivity index (χ0) is 11.7. The van der Waals surface area contributed by atoms with Crippen LogP contribution in [0.2, 0.25) is 0 Å². The predicted molar refractivity (Wildman–Crippen MR) is 62.7 cm³/mol. The summed E-state index contributed by atoms with van der Waals surface area (Å²) in [6.45, 7) is 0.617. The number of para-hydroxylation sites is 1. The molecule has 2 N–H and O–H groups in total. The van der Waals surface area contributed by atoms with Crippen LogP contribution in [0.1, 0.15) is 18.3 Å². The van der Waals surface area contributed by atoms with E-state index in [1.807, 2.05) is 34.9 Å². The second kappa shape index (κ2) is 4.27. The van der Waals surface area contributed by atoms with Crippen molar-refractivity contribution in [3.8, 4) is 5.69 Å². The molecular weight excluding hydrogens is 216 g/mol. The topological polar surface area (TPSA) is 63.0 Å². The molecule has 1 aromatic heterocycles. The third-order valence-electron chi connectivity index (χ3n) is 3.03. The number of rotatable bonds is 2. The first-order chi connectivity index (χ1) is 8.34. The van der Waals surface area contributed by atoms with Gasteiger partial charge >= 0.3 is 0 Å². The van der Waals surface area contributed by atoms with Crippen LogP contribution in [-0.2, 0) is 0 Å². The van der Waals surface area contributed by atoms with E-state index >= 15 is 0 Å². The van der Waals surface area contributed by atoms with Crippen molar-refractivity contribution in [3.63, 3.8) is 0 Å². The number of aromatic nitrogens is 3. The van der Waals surface area contributed by atoms with E-state index in [0.717, 1.165) is 11.5 Å². The van der Waals surface area contributed by atoms with Gasteiger partial charge in [-0.1, -0.05) is 18.2 Å². The highest BCUT2D eigenvalue weighted by atomic mass is 16.3. The second-order valence-corrected chi connectivity index (χ2v) is 4.25. The Morgan fingerprint density at radius 3 is 2.82 bits per heavy atom. The van der Waals surface area contributed by atoms with Crippen molar-refractivity contribution in [2.75, 3.05) is 6.54 Å². The van der Waals surface area contributed by atoms with Crippen LogP contribution in [0.5, 0.6) is 0 Å². The molecule has 0 radical (unpaired) electrons. The molecule has 0 spiro atoms. The smallest absolute Gasteiger partial charge is 0.154 e. The highest BCUT2D eigenvalue weighted by Crippen LogP contribution is 2.23. The maximum absolute atomic E-state index is 9.54. The van der Waals surface area contributed by atoms with Crippen molar-refractivity contribution in [1.82, 2.24) is 20.1 Å². The SMILES string of the molecule is OC1CN[C@H](c2nncn2-c2ccccc2)C1. The van der Waals surface area contributed by atoms with Gasteiger partial charge in [-0.05, 0) is 18.6 Å². The molecule has 5 heteroatoms. The zero-order valence-corrected chi connectivity index (χ0v) is 9.32. The van der Waals surface area contributed by atoms with E-state index in [1.54, 1.807) is 6.33 Å². The summed E-state index contributed by atoms with van der Waals surface area (Å²) in [5, 5.41) is 20.9. The summed E-state index contributed by atoms with van der Waals surface area (Å²) in [6.07, 6.45) is 2.10. The summed E-state index contributed by atoms with van der Waals surface area (Å²) in [5.41, 5.74) is 1.04. The Balaban J connectivity index is 1.95. The summed E-state index contributed by atoms with van der Waals surface area (Å²) >= 11 is 0. The molecule has 88 valence electrons. The van der Waals surface area contributed by atoms with Crippen molar-refractivity contribution in [2.45, 2.75) is 18.6 Å². The van der Waals surface area contributed by atoms with Gasteiger partial charge in [0.1, 0.15) is 6.33 Å². The standard InChI is InChI=1S/C12H14N4O/c17-10-6-11(13-7-10)12-15-14-8-16(12)9-4-2-1-3-5-9/h1-5,8,10-11,13,17H,6-7H2/t10?,11-/m0/s1. The Labute approximate surface area is 99.1 Å². The third-order valence-corrected chi connectivity index (χ3v) is 3.03. The summed E-state index contributed by atoms with van der Waals surface area (Å²) in [6, 6.07) is 10.0. The van der Waals surface area contributed by atoms with Gasteiger partial charge in [-0.2, -0.15) is 0 Å². The highest BCUT2D eigenvalue weighted by molar-refractivity contribution is 5.32. The molecule has 3 rings (SSSR count). The molecule has 2 atom stereocenters. The summed E-state index contributed by atoms with van der Waals surface area (Å²) in [5.74, 6) is 0.854. The van der Waals surface area contributed by atoms with Crippen molar-refractivity contribution < 1.29 is 5.11 Å². The number of β-amino-alcohol motifs (C(OH)–C–C–N with tert-alkyl or cyclic N) is 1. The van der Waals surface area contributed by atoms with Crippen LogP contribution in [0.3, 0.4) is 0 Å². The Morgan fingerprint density at radius 2 is 2.12 bits per heavy atom. The lowest BCUT2D eigenvalue weighted by molar-refractivity contribution is 0.193. The first-order valence-corrected chi connectivity index (χ1v) is 5.71. The zero-order valence-electron chi connectivity index (χ0n) is 9.32. The van der Waals surface area contributed by atoms with Crippen LogP contribution in [0, 0.1) is 0 Å². The number of benzene rings is 1. The number of hydrogen-bond acceptors (Lipinski definition) is 4. The van der Waals surface area contributed by atoms with Gasteiger partial charge in [-0.15, -0.1) is 10.2 Å². The molecule has 2 heterocycles. The minimum atomic E-state index is -0.291. The summed E-state index contributed by atoms with van der Waals surface area (Å²) in [7, 11) is 0. The van der Waals surface area contributed by atoms with Crippen molar-refractivity contribution in [2.24, 2.45) is 0 Å². The van der Waals surface area contributed by atoms with E-state index in [2.05, 4.69) is 15.5 Å². The quantitative estimate of drug-likeness (QED) is 0.795. The molecule has 1 aliphatic rings. The fourth-order valence-electron chi connectivity index (χ4n) is 2.18. The van der Waals surface area contributed by atoms with Crippen LogP contribution in [0.4, 0.5) is 0 Å². The number of hydrogen-bond donors (Lipinski definition) is 2. The van der Waals surface area contributed by atoms with Gasteiger partial charge in [0.25, 0.3) is 0 Å². The summed E-state index contributed by atoms with van der Waals surface area (Å²) in [4.78, 5) is 0. The van der Waals surface area contributed by atoms with Gasteiger partial charge in [0.2, 0.25) is 0 Å². The van der Waals surface area contributed by atoms with Gasteiger partial charge in [-0.25, -0.2) is 0 Å². The average molecular weight is 230 g/mol. The van der Waals surface area contributed by atoms with Crippen molar-refractivity contribution >= 4 is 0 Å². The molecule has 0 amide bonds. The second-order valence-electron chi connectivity index (χ2n) is 4.25. The number of nitrogens with zero attached hydrogens (tertiary/aromatic N) is 3. The monoisotopic (exact) mass is 230 g/mol. The van der Waals surface area contributed by atoms with Crippen LogP contribution in [0.15, 0.2) is 36.7 Å². The van der Waals surface area contributed by atoms with Crippen LogP contribution in [-0.4, -0.2) is 32.5 Å².